The summed E-state index contributed by atoms with van der Waals surface area (Å²) in [6.07, 6.45) is 5.25. The zero-order valence-electron chi connectivity index (χ0n) is 13.9. The quantitative estimate of drug-likeness (QED) is 0.752. The molecule has 0 aromatic heterocycles. The van der Waals surface area contributed by atoms with Crippen LogP contribution in [0.4, 0.5) is 5.69 Å². The molecule has 2 aliphatic rings. The van der Waals surface area contributed by atoms with E-state index in [1.165, 1.54) is 12.1 Å². The van der Waals surface area contributed by atoms with E-state index < -0.39 is 19.7 Å². The fourth-order valence-corrected chi connectivity index (χ4v) is 4.72. The summed E-state index contributed by atoms with van der Waals surface area (Å²) < 4.78 is 53.6. The summed E-state index contributed by atoms with van der Waals surface area (Å²) >= 11 is 0. The molecule has 2 fully saturated rings. The number of hydrogen-bond acceptors (Lipinski definition) is 6. The van der Waals surface area contributed by atoms with Crippen LogP contribution in [0.15, 0.2) is 28.0 Å². The highest BCUT2D eigenvalue weighted by Gasteiger charge is 2.34. The zero-order chi connectivity index (χ0) is 17.5. The number of rotatable bonds is 6. The number of ether oxygens (including phenoxy) is 1. The summed E-state index contributed by atoms with van der Waals surface area (Å²) in [5.74, 6) is 0.382. The first-order valence-electron chi connectivity index (χ1n) is 8.05. The van der Waals surface area contributed by atoms with Crippen molar-refractivity contribution in [2.75, 3.05) is 37.2 Å². The van der Waals surface area contributed by atoms with Crippen LogP contribution in [0.25, 0.3) is 0 Å². The third-order valence-electron chi connectivity index (χ3n) is 4.53. The number of benzene rings is 1. The molecule has 1 heterocycles. The van der Waals surface area contributed by atoms with E-state index in [0.29, 0.717) is 24.3 Å². The van der Waals surface area contributed by atoms with Crippen LogP contribution in [0, 0.1) is 5.92 Å². The molecule has 134 valence electrons. The van der Waals surface area contributed by atoms with Gasteiger partial charge in [0.25, 0.3) is 0 Å². The molecular weight excluding hydrogens is 350 g/mol. The minimum Gasteiger partial charge on any atom is -0.381 e. The van der Waals surface area contributed by atoms with Crippen molar-refractivity contribution in [2.24, 2.45) is 5.92 Å². The van der Waals surface area contributed by atoms with Crippen molar-refractivity contribution in [3.05, 3.63) is 18.2 Å². The number of sulfone groups is 2. The molecule has 1 saturated heterocycles. The monoisotopic (exact) mass is 373 g/mol. The normalized spacial score (nSPS) is 21.8. The van der Waals surface area contributed by atoms with Crippen molar-refractivity contribution in [3.63, 3.8) is 0 Å². The van der Waals surface area contributed by atoms with E-state index in [4.69, 9.17) is 4.74 Å². The van der Waals surface area contributed by atoms with Crippen molar-refractivity contribution >= 4 is 25.4 Å². The van der Waals surface area contributed by atoms with E-state index in [2.05, 4.69) is 4.90 Å². The molecule has 3 rings (SSSR count). The van der Waals surface area contributed by atoms with Gasteiger partial charge in [0.05, 0.1) is 22.1 Å². The average molecular weight is 373 g/mol. The first-order chi connectivity index (χ1) is 11.2. The van der Waals surface area contributed by atoms with Gasteiger partial charge in [-0.3, -0.25) is 0 Å². The first-order valence-corrected chi connectivity index (χ1v) is 11.8. The topological polar surface area (TPSA) is 80.8 Å². The molecule has 0 amide bonds. The number of nitrogens with zero attached hydrogens (tertiary/aromatic N) is 1. The molecule has 1 aliphatic carbocycles. The number of anilines is 1. The Kier molecular flexibility index (Phi) is 4.65. The minimum atomic E-state index is -3.54. The molecule has 1 aromatic carbocycles. The van der Waals surface area contributed by atoms with Gasteiger partial charge in [0.2, 0.25) is 0 Å². The van der Waals surface area contributed by atoms with Gasteiger partial charge in [0, 0.05) is 37.6 Å². The highest BCUT2D eigenvalue weighted by atomic mass is 32.2. The Balaban J connectivity index is 2.03. The largest absolute Gasteiger partial charge is 0.381 e. The van der Waals surface area contributed by atoms with E-state index in [0.717, 1.165) is 44.9 Å². The summed E-state index contributed by atoms with van der Waals surface area (Å²) in [6.45, 7) is 2.18. The summed E-state index contributed by atoms with van der Waals surface area (Å²) in [7, 11) is -7.00. The zero-order valence-corrected chi connectivity index (χ0v) is 15.6. The maximum absolute atomic E-state index is 12.3. The molecule has 0 N–H and O–H groups in total. The van der Waals surface area contributed by atoms with Crippen LogP contribution >= 0.6 is 0 Å². The lowest BCUT2D eigenvalue weighted by Crippen LogP contribution is -2.33. The van der Waals surface area contributed by atoms with Crippen LogP contribution in [0.3, 0.4) is 0 Å². The fourth-order valence-electron chi connectivity index (χ4n) is 3.10. The summed E-state index contributed by atoms with van der Waals surface area (Å²) in [6, 6.07) is 4.76. The molecule has 1 aliphatic heterocycles. The molecule has 1 aromatic rings. The molecule has 0 radical (unpaired) electrons. The third kappa shape index (κ3) is 3.92. The third-order valence-corrected chi connectivity index (χ3v) is 6.77. The van der Waals surface area contributed by atoms with Crippen molar-refractivity contribution in [2.45, 2.75) is 35.1 Å². The SMILES string of the molecule is CS(=O)(=O)c1ccc(N(CC2CCOC2)C2CC2)c(S(C)(=O)=O)c1. The molecule has 1 saturated carbocycles. The Bertz CT molecular complexity index is 822. The molecule has 24 heavy (non-hydrogen) atoms. The van der Waals surface area contributed by atoms with Crippen LogP contribution < -0.4 is 4.90 Å². The average Bonchev–Trinajstić information content (AvgIpc) is 3.19. The number of hydrogen-bond donors (Lipinski definition) is 0. The van der Waals surface area contributed by atoms with Crippen LogP contribution in [-0.2, 0) is 24.4 Å². The van der Waals surface area contributed by atoms with E-state index in [9.17, 15) is 16.8 Å². The van der Waals surface area contributed by atoms with Gasteiger partial charge in [-0.1, -0.05) is 0 Å². The van der Waals surface area contributed by atoms with Crippen LogP contribution in [0.2, 0.25) is 0 Å². The van der Waals surface area contributed by atoms with Gasteiger partial charge in [-0.05, 0) is 37.5 Å². The van der Waals surface area contributed by atoms with Gasteiger partial charge in [-0.25, -0.2) is 16.8 Å². The second-order valence-corrected chi connectivity index (χ2v) is 10.8. The van der Waals surface area contributed by atoms with Gasteiger partial charge >= 0.3 is 0 Å². The highest BCUT2D eigenvalue weighted by Crippen LogP contribution is 2.37. The lowest BCUT2D eigenvalue weighted by atomic mass is 10.1. The van der Waals surface area contributed by atoms with E-state index in [1.807, 2.05) is 0 Å². The van der Waals surface area contributed by atoms with Crippen molar-refractivity contribution < 1.29 is 21.6 Å². The summed E-state index contributed by atoms with van der Waals surface area (Å²) in [4.78, 5) is 2.25. The molecule has 0 bridgehead atoms. The second kappa shape index (κ2) is 6.31. The molecule has 1 unspecified atom stereocenters. The highest BCUT2D eigenvalue weighted by molar-refractivity contribution is 7.91. The van der Waals surface area contributed by atoms with E-state index >= 15 is 0 Å². The van der Waals surface area contributed by atoms with Gasteiger partial charge in [-0.15, -0.1) is 0 Å². The lowest BCUT2D eigenvalue weighted by molar-refractivity contribution is 0.186. The molecule has 6 nitrogen and oxygen atoms in total. The Labute approximate surface area is 143 Å². The predicted octanol–water partition coefficient (Wildman–Crippen LogP) is 1.50. The Morgan fingerprint density at radius 3 is 2.29 bits per heavy atom. The van der Waals surface area contributed by atoms with Crippen molar-refractivity contribution in [3.8, 4) is 0 Å². The maximum atomic E-state index is 12.3. The van der Waals surface area contributed by atoms with Gasteiger partial charge in [0.15, 0.2) is 19.7 Å². The van der Waals surface area contributed by atoms with Crippen LogP contribution in [0.5, 0.6) is 0 Å². The van der Waals surface area contributed by atoms with Crippen molar-refractivity contribution in [1.29, 1.82) is 0 Å². The molecule has 1 atom stereocenters. The molecule has 8 heteroatoms. The summed E-state index contributed by atoms with van der Waals surface area (Å²) in [5.41, 5.74) is 0.610. The summed E-state index contributed by atoms with van der Waals surface area (Å²) in [5, 5.41) is 0. The fraction of sp³-hybridized carbons (Fsp3) is 0.625. The van der Waals surface area contributed by atoms with Crippen molar-refractivity contribution in [1.82, 2.24) is 0 Å². The van der Waals surface area contributed by atoms with Gasteiger partial charge < -0.3 is 9.64 Å². The van der Waals surface area contributed by atoms with E-state index in [-0.39, 0.29) is 9.79 Å². The Morgan fingerprint density at radius 2 is 1.79 bits per heavy atom. The molecule has 0 spiro atoms. The van der Waals surface area contributed by atoms with Crippen LogP contribution in [0.1, 0.15) is 19.3 Å². The van der Waals surface area contributed by atoms with Gasteiger partial charge in [-0.2, -0.15) is 0 Å². The maximum Gasteiger partial charge on any atom is 0.177 e. The standard InChI is InChI=1S/C16H23NO5S2/c1-23(18,19)14-5-6-15(16(9-14)24(2,20)21)17(13-3-4-13)10-12-7-8-22-11-12/h5-6,9,12-13H,3-4,7-8,10-11H2,1-2H3. The lowest BCUT2D eigenvalue weighted by Gasteiger charge is -2.29. The Hall–Kier alpha value is -1.12. The Morgan fingerprint density at radius 1 is 1.08 bits per heavy atom. The minimum absolute atomic E-state index is 0.0339. The van der Waals surface area contributed by atoms with Crippen LogP contribution in [-0.4, -0.2) is 55.1 Å². The molecular formula is C16H23NO5S2. The first kappa shape index (κ1) is 17.7. The predicted molar refractivity (Wildman–Crippen MR) is 92.0 cm³/mol. The second-order valence-electron chi connectivity index (χ2n) is 6.79. The van der Waals surface area contributed by atoms with E-state index in [1.54, 1.807) is 6.07 Å². The smallest absolute Gasteiger partial charge is 0.177 e. The van der Waals surface area contributed by atoms with Gasteiger partial charge in [0.1, 0.15) is 0 Å².